The number of nitrogens with two attached hydrogens (primary N) is 1. The van der Waals surface area contributed by atoms with E-state index in [2.05, 4.69) is 4.98 Å². The molecular formula is C12H13ClN2. The van der Waals surface area contributed by atoms with E-state index in [1.54, 1.807) is 6.20 Å². The molecule has 0 atom stereocenters. The Morgan fingerprint density at radius 3 is 2.93 bits per heavy atom. The van der Waals surface area contributed by atoms with Crippen LogP contribution in [0.5, 0.6) is 0 Å². The molecular weight excluding hydrogens is 208 g/mol. The smallest absolute Gasteiger partial charge is 0.0748 e. The van der Waals surface area contributed by atoms with Crippen LogP contribution in [0, 0.1) is 0 Å². The second-order valence-electron chi connectivity index (χ2n) is 3.49. The Bertz CT molecular complexity index is 468. The molecule has 1 heterocycles. The Labute approximate surface area is 94.1 Å². The molecule has 1 aromatic carbocycles. The SMILES string of the molecule is NCCCc1c(Cl)ccc2cccnc12. The summed E-state index contributed by atoms with van der Waals surface area (Å²) in [7, 11) is 0. The van der Waals surface area contributed by atoms with Gasteiger partial charge in [0.05, 0.1) is 5.52 Å². The lowest BCUT2D eigenvalue weighted by Crippen LogP contribution is -2.01. The summed E-state index contributed by atoms with van der Waals surface area (Å²) in [4.78, 5) is 4.37. The van der Waals surface area contributed by atoms with Crippen molar-refractivity contribution < 1.29 is 0 Å². The third-order valence-corrected chi connectivity index (χ3v) is 2.81. The normalized spacial score (nSPS) is 10.8. The fourth-order valence-corrected chi connectivity index (χ4v) is 1.94. The molecule has 0 aliphatic heterocycles. The molecule has 0 saturated heterocycles. The van der Waals surface area contributed by atoms with E-state index in [9.17, 15) is 0 Å². The molecule has 0 unspecified atom stereocenters. The van der Waals surface area contributed by atoms with Crippen LogP contribution in [-0.2, 0) is 6.42 Å². The Morgan fingerprint density at radius 1 is 1.27 bits per heavy atom. The first-order chi connectivity index (χ1) is 7.33. The van der Waals surface area contributed by atoms with E-state index in [0.717, 1.165) is 34.3 Å². The summed E-state index contributed by atoms with van der Waals surface area (Å²) in [6, 6.07) is 7.90. The lowest BCUT2D eigenvalue weighted by molar-refractivity contribution is 0.836. The van der Waals surface area contributed by atoms with Crippen LogP contribution in [0.1, 0.15) is 12.0 Å². The van der Waals surface area contributed by atoms with E-state index < -0.39 is 0 Å². The summed E-state index contributed by atoms with van der Waals surface area (Å²) >= 11 is 6.16. The van der Waals surface area contributed by atoms with Crippen molar-refractivity contribution in [3.05, 3.63) is 41.0 Å². The summed E-state index contributed by atoms with van der Waals surface area (Å²) in [5, 5.41) is 1.92. The molecule has 0 radical (unpaired) electrons. The number of fused-ring (bicyclic) bond motifs is 1. The summed E-state index contributed by atoms with van der Waals surface area (Å²) in [6.45, 7) is 0.680. The average Bonchev–Trinajstić information content (AvgIpc) is 2.28. The molecule has 2 rings (SSSR count). The van der Waals surface area contributed by atoms with Gasteiger partial charge in [0.25, 0.3) is 0 Å². The van der Waals surface area contributed by atoms with Crippen LogP contribution in [0.3, 0.4) is 0 Å². The van der Waals surface area contributed by atoms with Crippen molar-refractivity contribution in [2.45, 2.75) is 12.8 Å². The van der Waals surface area contributed by atoms with Gasteiger partial charge in [-0.05, 0) is 37.1 Å². The van der Waals surface area contributed by atoms with E-state index in [0.29, 0.717) is 6.54 Å². The highest BCUT2D eigenvalue weighted by atomic mass is 35.5. The van der Waals surface area contributed by atoms with Crippen LogP contribution >= 0.6 is 11.6 Å². The number of benzene rings is 1. The van der Waals surface area contributed by atoms with Crippen LogP contribution in [0.25, 0.3) is 10.9 Å². The minimum absolute atomic E-state index is 0.680. The quantitative estimate of drug-likeness (QED) is 0.864. The maximum absolute atomic E-state index is 6.16. The van der Waals surface area contributed by atoms with Gasteiger partial charge >= 0.3 is 0 Å². The molecule has 1 aromatic heterocycles. The van der Waals surface area contributed by atoms with Gasteiger partial charge in [0.1, 0.15) is 0 Å². The molecule has 0 aliphatic rings. The predicted octanol–water partition coefficient (Wildman–Crippen LogP) is 2.78. The molecule has 2 N–H and O–H groups in total. The third kappa shape index (κ3) is 2.11. The van der Waals surface area contributed by atoms with Gasteiger partial charge in [-0.3, -0.25) is 4.98 Å². The first-order valence-corrected chi connectivity index (χ1v) is 5.43. The third-order valence-electron chi connectivity index (χ3n) is 2.45. The van der Waals surface area contributed by atoms with Crippen molar-refractivity contribution in [3.63, 3.8) is 0 Å². The molecule has 0 fully saturated rings. The molecule has 15 heavy (non-hydrogen) atoms. The second kappa shape index (κ2) is 4.60. The van der Waals surface area contributed by atoms with Crippen molar-refractivity contribution in [2.24, 2.45) is 5.73 Å². The van der Waals surface area contributed by atoms with E-state index >= 15 is 0 Å². The van der Waals surface area contributed by atoms with Gasteiger partial charge in [0.2, 0.25) is 0 Å². The number of aryl methyl sites for hydroxylation is 1. The molecule has 0 saturated carbocycles. The number of hydrogen-bond donors (Lipinski definition) is 1. The maximum Gasteiger partial charge on any atom is 0.0748 e. The minimum Gasteiger partial charge on any atom is -0.330 e. The number of aromatic nitrogens is 1. The molecule has 0 bridgehead atoms. The molecule has 78 valence electrons. The zero-order valence-corrected chi connectivity index (χ0v) is 9.17. The Morgan fingerprint density at radius 2 is 2.13 bits per heavy atom. The van der Waals surface area contributed by atoms with Crippen LogP contribution in [0.4, 0.5) is 0 Å². The maximum atomic E-state index is 6.16. The molecule has 0 amide bonds. The fraction of sp³-hybridized carbons (Fsp3) is 0.250. The number of rotatable bonds is 3. The first kappa shape index (κ1) is 10.4. The largest absolute Gasteiger partial charge is 0.330 e. The van der Waals surface area contributed by atoms with Gasteiger partial charge in [-0.15, -0.1) is 0 Å². The average molecular weight is 221 g/mol. The Kier molecular flexibility index (Phi) is 3.19. The number of pyridine rings is 1. The zero-order chi connectivity index (χ0) is 10.7. The van der Waals surface area contributed by atoms with Gasteiger partial charge in [-0.1, -0.05) is 23.7 Å². The van der Waals surface area contributed by atoms with E-state index in [4.69, 9.17) is 17.3 Å². The molecule has 2 nitrogen and oxygen atoms in total. The van der Waals surface area contributed by atoms with Crippen LogP contribution < -0.4 is 5.73 Å². The topological polar surface area (TPSA) is 38.9 Å². The lowest BCUT2D eigenvalue weighted by Gasteiger charge is -2.07. The lowest BCUT2D eigenvalue weighted by atomic mass is 10.1. The van der Waals surface area contributed by atoms with Crippen LogP contribution in [-0.4, -0.2) is 11.5 Å². The van der Waals surface area contributed by atoms with Crippen molar-refractivity contribution >= 4 is 22.5 Å². The number of halogens is 1. The monoisotopic (exact) mass is 220 g/mol. The van der Waals surface area contributed by atoms with Crippen LogP contribution in [0.2, 0.25) is 5.02 Å². The second-order valence-corrected chi connectivity index (χ2v) is 3.90. The first-order valence-electron chi connectivity index (χ1n) is 5.05. The van der Waals surface area contributed by atoms with Gasteiger partial charge in [0.15, 0.2) is 0 Å². The Hall–Kier alpha value is -1.12. The molecule has 2 aromatic rings. The number of nitrogens with zero attached hydrogens (tertiary/aromatic N) is 1. The zero-order valence-electron chi connectivity index (χ0n) is 8.41. The van der Waals surface area contributed by atoms with Crippen molar-refractivity contribution in [3.8, 4) is 0 Å². The van der Waals surface area contributed by atoms with Gasteiger partial charge in [-0.25, -0.2) is 0 Å². The molecule has 0 spiro atoms. The van der Waals surface area contributed by atoms with Gasteiger partial charge in [-0.2, -0.15) is 0 Å². The molecule has 0 aliphatic carbocycles. The van der Waals surface area contributed by atoms with Crippen molar-refractivity contribution in [2.75, 3.05) is 6.54 Å². The van der Waals surface area contributed by atoms with E-state index in [-0.39, 0.29) is 0 Å². The standard InChI is InChI=1S/C12H13ClN2/c13-11-6-5-9-3-2-8-15-12(9)10(11)4-1-7-14/h2-3,5-6,8H,1,4,7,14H2. The minimum atomic E-state index is 0.680. The molecule has 3 heteroatoms. The van der Waals surface area contributed by atoms with Crippen molar-refractivity contribution in [1.29, 1.82) is 0 Å². The summed E-state index contributed by atoms with van der Waals surface area (Å²) in [5.74, 6) is 0. The summed E-state index contributed by atoms with van der Waals surface area (Å²) < 4.78 is 0. The predicted molar refractivity (Wildman–Crippen MR) is 64.1 cm³/mol. The Balaban J connectivity index is 2.53. The van der Waals surface area contributed by atoms with E-state index in [1.807, 2.05) is 24.3 Å². The van der Waals surface area contributed by atoms with E-state index in [1.165, 1.54) is 0 Å². The number of hydrogen-bond acceptors (Lipinski definition) is 2. The highest BCUT2D eigenvalue weighted by Gasteiger charge is 2.06. The highest BCUT2D eigenvalue weighted by Crippen LogP contribution is 2.25. The highest BCUT2D eigenvalue weighted by molar-refractivity contribution is 6.32. The summed E-state index contributed by atoms with van der Waals surface area (Å²) in [5.41, 5.74) is 7.62. The summed E-state index contributed by atoms with van der Waals surface area (Å²) in [6.07, 6.45) is 3.63. The van der Waals surface area contributed by atoms with Crippen molar-refractivity contribution in [1.82, 2.24) is 4.98 Å². The van der Waals surface area contributed by atoms with Gasteiger partial charge in [0, 0.05) is 16.6 Å². The van der Waals surface area contributed by atoms with Crippen LogP contribution in [0.15, 0.2) is 30.5 Å². The fourth-order valence-electron chi connectivity index (χ4n) is 1.70. The van der Waals surface area contributed by atoms with Gasteiger partial charge < -0.3 is 5.73 Å².